The SMILES string of the molecule is C=C/C=C\C(=C/C)CCNC(=S)NCCCS. The van der Waals surface area contributed by atoms with Gasteiger partial charge in [-0.2, -0.15) is 12.6 Å². The molecule has 0 bridgehead atoms. The molecule has 0 spiro atoms. The number of thiocarbonyl (C=S) groups is 1. The normalized spacial score (nSPS) is 11.5. The van der Waals surface area contributed by atoms with E-state index in [0.717, 1.165) is 36.8 Å². The van der Waals surface area contributed by atoms with Crippen LogP contribution in [0.5, 0.6) is 0 Å². The molecule has 0 aromatic carbocycles. The van der Waals surface area contributed by atoms with Gasteiger partial charge in [0, 0.05) is 13.1 Å². The predicted molar refractivity (Wildman–Crippen MR) is 84.8 cm³/mol. The van der Waals surface area contributed by atoms with E-state index in [1.807, 2.05) is 13.0 Å². The van der Waals surface area contributed by atoms with Gasteiger partial charge in [0.1, 0.15) is 0 Å². The maximum Gasteiger partial charge on any atom is 0.166 e. The van der Waals surface area contributed by atoms with Crippen molar-refractivity contribution >= 4 is 30.0 Å². The van der Waals surface area contributed by atoms with Crippen molar-refractivity contribution in [3.05, 3.63) is 36.5 Å². The summed E-state index contributed by atoms with van der Waals surface area (Å²) in [6.45, 7) is 7.40. The minimum Gasteiger partial charge on any atom is -0.363 e. The van der Waals surface area contributed by atoms with Crippen molar-refractivity contribution in [2.75, 3.05) is 18.8 Å². The van der Waals surface area contributed by atoms with Crippen LogP contribution in [0.4, 0.5) is 0 Å². The second kappa shape index (κ2) is 11.7. The molecule has 0 unspecified atom stereocenters. The van der Waals surface area contributed by atoms with Gasteiger partial charge >= 0.3 is 0 Å². The molecular formula is C13H22N2S2. The molecule has 0 aliphatic heterocycles. The number of rotatable bonds is 8. The van der Waals surface area contributed by atoms with Crippen LogP contribution in [-0.2, 0) is 0 Å². The highest BCUT2D eigenvalue weighted by Gasteiger charge is 1.95. The van der Waals surface area contributed by atoms with Gasteiger partial charge in [-0.25, -0.2) is 0 Å². The van der Waals surface area contributed by atoms with Gasteiger partial charge in [-0.1, -0.05) is 36.5 Å². The van der Waals surface area contributed by atoms with E-state index in [4.69, 9.17) is 12.2 Å². The topological polar surface area (TPSA) is 24.1 Å². The standard InChI is InChI=1S/C13H22N2S2/c1-3-5-7-12(4-2)8-10-15-13(17)14-9-6-11-16/h3-5,7,16H,1,6,8-11H2,2H3,(H2,14,15,17)/b7-5-,12-4+. The average molecular weight is 270 g/mol. The van der Waals surface area contributed by atoms with Crippen molar-refractivity contribution < 1.29 is 0 Å². The molecule has 2 nitrogen and oxygen atoms in total. The maximum absolute atomic E-state index is 5.14. The van der Waals surface area contributed by atoms with E-state index in [1.165, 1.54) is 5.57 Å². The van der Waals surface area contributed by atoms with Gasteiger partial charge in [0.25, 0.3) is 0 Å². The van der Waals surface area contributed by atoms with Gasteiger partial charge in [-0.3, -0.25) is 0 Å². The summed E-state index contributed by atoms with van der Waals surface area (Å²) in [6.07, 6.45) is 9.85. The Morgan fingerprint density at radius 2 is 2.06 bits per heavy atom. The van der Waals surface area contributed by atoms with Crippen molar-refractivity contribution in [1.82, 2.24) is 10.6 Å². The summed E-state index contributed by atoms with van der Waals surface area (Å²) in [4.78, 5) is 0. The van der Waals surface area contributed by atoms with Crippen molar-refractivity contribution in [2.24, 2.45) is 0 Å². The first-order chi connectivity index (χ1) is 8.24. The third-order valence-corrected chi connectivity index (χ3v) is 2.74. The van der Waals surface area contributed by atoms with Gasteiger partial charge in [0.2, 0.25) is 0 Å². The number of nitrogens with one attached hydrogen (secondary N) is 2. The molecular weight excluding hydrogens is 248 g/mol. The predicted octanol–water partition coefficient (Wildman–Crippen LogP) is 2.85. The van der Waals surface area contributed by atoms with E-state index < -0.39 is 0 Å². The molecule has 0 aliphatic rings. The molecule has 0 aromatic heterocycles. The number of hydrogen-bond acceptors (Lipinski definition) is 2. The lowest BCUT2D eigenvalue weighted by molar-refractivity contribution is 0.796. The molecule has 0 aliphatic carbocycles. The first-order valence-corrected chi connectivity index (χ1v) is 6.85. The lowest BCUT2D eigenvalue weighted by atomic mass is 10.1. The molecule has 0 atom stereocenters. The zero-order valence-corrected chi connectivity index (χ0v) is 12.1. The summed E-state index contributed by atoms with van der Waals surface area (Å²) < 4.78 is 0. The highest BCUT2D eigenvalue weighted by atomic mass is 32.1. The monoisotopic (exact) mass is 270 g/mol. The lowest BCUT2D eigenvalue weighted by Gasteiger charge is -2.10. The van der Waals surface area contributed by atoms with Gasteiger partial charge in [-0.05, 0) is 37.7 Å². The Hall–Kier alpha value is -0.740. The highest BCUT2D eigenvalue weighted by molar-refractivity contribution is 7.80. The van der Waals surface area contributed by atoms with Gasteiger partial charge in [0.15, 0.2) is 5.11 Å². The second-order valence-corrected chi connectivity index (χ2v) is 4.32. The second-order valence-electron chi connectivity index (χ2n) is 3.47. The van der Waals surface area contributed by atoms with E-state index in [0.29, 0.717) is 0 Å². The molecule has 0 radical (unpaired) electrons. The van der Waals surface area contributed by atoms with E-state index >= 15 is 0 Å². The van der Waals surface area contributed by atoms with E-state index in [9.17, 15) is 0 Å². The lowest BCUT2D eigenvalue weighted by Crippen LogP contribution is -2.36. The molecule has 0 rings (SSSR count). The zero-order chi connectivity index (χ0) is 12.9. The average Bonchev–Trinajstić information content (AvgIpc) is 2.34. The fourth-order valence-corrected chi connectivity index (χ4v) is 1.54. The molecule has 4 heteroatoms. The van der Waals surface area contributed by atoms with Crippen molar-refractivity contribution in [1.29, 1.82) is 0 Å². The van der Waals surface area contributed by atoms with Crippen LogP contribution in [0.3, 0.4) is 0 Å². The summed E-state index contributed by atoms with van der Waals surface area (Å²) >= 11 is 9.28. The van der Waals surface area contributed by atoms with Gasteiger partial charge < -0.3 is 10.6 Å². The zero-order valence-electron chi connectivity index (χ0n) is 10.4. The van der Waals surface area contributed by atoms with E-state index in [-0.39, 0.29) is 0 Å². The summed E-state index contributed by atoms with van der Waals surface area (Å²) in [5.74, 6) is 0.880. The molecule has 17 heavy (non-hydrogen) atoms. The molecule has 0 aromatic rings. The Bertz CT molecular complexity index is 283. The first kappa shape index (κ1) is 16.3. The number of hydrogen-bond donors (Lipinski definition) is 3. The fraction of sp³-hybridized carbons (Fsp3) is 0.462. The summed E-state index contributed by atoms with van der Waals surface area (Å²) in [6, 6.07) is 0. The van der Waals surface area contributed by atoms with Crippen molar-refractivity contribution in [3.8, 4) is 0 Å². The quantitative estimate of drug-likeness (QED) is 0.274. The molecule has 0 saturated carbocycles. The van der Waals surface area contributed by atoms with Crippen LogP contribution in [0.15, 0.2) is 36.5 Å². The van der Waals surface area contributed by atoms with E-state index in [1.54, 1.807) is 6.08 Å². The van der Waals surface area contributed by atoms with Crippen LogP contribution in [0.25, 0.3) is 0 Å². The summed E-state index contributed by atoms with van der Waals surface area (Å²) in [5.41, 5.74) is 1.27. The maximum atomic E-state index is 5.14. The van der Waals surface area contributed by atoms with Crippen LogP contribution < -0.4 is 10.6 Å². The summed E-state index contributed by atoms with van der Waals surface area (Å²) in [5, 5.41) is 7.03. The number of thiol groups is 1. The first-order valence-electron chi connectivity index (χ1n) is 5.81. The van der Waals surface area contributed by atoms with Gasteiger partial charge in [0.05, 0.1) is 0 Å². The van der Waals surface area contributed by atoms with Crippen LogP contribution in [-0.4, -0.2) is 24.0 Å². The Morgan fingerprint density at radius 1 is 1.35 bits per heavy atom. The molecule has 2 N–H and O–H groups in total. The molecule has 96 valence electrons. The molecule has 0 heterocycles. The summed E-state index contributed by atoms with van der Waals surface area (Å²) in [7, 11) is 0. The van der Waals surface area contributed by atoms with Crippen LogP contribution in [0.2, 0.25) is 0 Å². The molecule has 0 amide bonds. The largest absolute Gasteiger partial charge is 0.363 e. The smallest absolute Gasteiger partial charge is 0.166 e. The molecule has 0 fully saturated rings. The Labute approximate surface area is 116 Å². The minimum atomic E-state index is 0.718. The Morgan fingerprint density at radius 3 is 2.65 bits per heavy atom. The third kappa shape index (κ3) is 10.1. The minimum absolute atomic E-state index is 0.718. The van der Waals surface area contributed by atoms with E-state index in [2.05, 4.69) is 42.0 Å². The Kier molecular flexibility index (Phi) is 11.2. The third-order valence-electron chi connectivity index (χ3n) is 2.14. The fourth-order valence-electron chi connectivity index (χ4n) is 1.18. The Balaban J connectivity index is 3.70. The van der Waals surface area contributed by atoms with Crippen molar-refractivity contribution in [2.45, 2.75) is 19.8 Å². The van der Waals surface area contributed by atoms with Crippen LogP contribution in [0, 0.1) is 0 Å². The molecule has 0 saturated heterocycles. The highest BCUT2D eigenvalue weighted by Crippen LogP contribution is 2.01. The van der Waals surface area contributed by atoms with Crippen LogP contribution in [0.1, 0.15) is 19.8 Å². The number of allylic oxidation sites excluding steroid dienone is 4. The van der Waals surface area contributed by atoms with Crippen LogP contribution >= 0.6 is 24.8 Å². The van der Waals surface area contributed by atoms with Gasteiger partial charge in [-0.15, -0.1) is 0 Å². The van der Waals surface area contributed by atoms with Crippen molar-refractivity contribution in [3.63, 3.8) is 0 Å².